The first kappa shape index (κ1) is 20.4. The molecular weight excluding hydrogens is 388 g/mol. The summed E-state index contributed by atoms with van der Waals surface area (Å²) in [5, 5.41) is 8.02. The van der Waals surface area contributed by atoms with Gasteiger partial charge in [-0.05, 0) is 64.9 Å². The lowest BCUT2D eigenvalue weighted by Crippen LogP contribution is -2.19. The van der Waals surface area contributed by atoms with Gasteiger partial charge < -0.3 is 5.32 Å². The van der Waals surface area contributed by atoms with Crippen LogP contribution >= 0.6 is 15.9 Å². The second-order valence-corrected chi connectivity index (χ2v) is 7.41. The predicted molar refractivity (Wildman–Crippen MR) is 112 cm³/mol. The molecule has 0 aliphatic rings. The minimum Gasteiger partial charge on any atom is -0.366 e. The zero-order chi connectivity index (χ0) is 18.9. The molecule has 5 heteroatoms. The van der Waals surface area contributed by atoms with E-state index in [2.05, 4.69) is 63.9 Å². The van der Waals surface area contributed by atoms with Gasteiger partial charge in [0.25, 0.3) is 0 Å². The molecule has 140 valence electrons. The van der Waals surface area contributed by atoms with E-state index in [0.717, 1.165) is 33.5 Å². The molecule has 0 spiro atoms. The first-order valence-electron chi connectivity index (χ1n) is 9.30. The lowest BCUT2D eigenvalue weighted by molar-refractivity contribution is 0.524. The van der Waals surface area contributed by atoms with Crippen LogP contribution in [0.4, 0.5) is 0 Å². The third-order valence-corrected chi connectivity index (χ3v) is 5.40. The predicted octanol–water partition coefficient (Wildman–Crippen LogP) is 5.71. The smallest absolute Gasteiger partial charge is 0.128 e. The highest BCUT2D eigenvalue weighted by Crippen LogP contribution is 2.24. The summed E-state index contributed by atoms with van der Waals surface area (Å²) >= 11 is 3.55. The normalized spacial score (nSPS) is 12.8. The van der Waals surface area contributed by atoms with Crippen molar-refractivity contribution in [1.29, 1.82) is 0 Å². The summed E-state index contributed by atoms with van der Waals surface area (Å²) in [6.45, 7) is 11.6. The number of nitrogens with zero attached hydrogens (tertiary/aromatic N) is 3. The van der Waals surface area contributed by atoms with Gasteiger partial charge in [0.05, 0.1) is 16.4 Å². The van der Waals surface area contributed by atoms with Crippen molar-refractivity contribution >= 4 is 21.8 Å². The number of hydrogen-bond acceptors (Lipinski definition) is 3. The zero-order valence-corrected chi connectivity index (χ0v) is 17.6. The molecule has 26 heavy (non-hydrogen) atoms. The molecule has 0 aliphatic heterocycles. The molecule has 1 unspecified atom stereocenters. The molecule has 0 saturated carbocycles. The van der Waals surface area contributed by atoms with Crippen molar-refractivity contribution in [2.45, 2.75) is 53.0 Å². The highest BCUT2D eigenvalue weighted by atomic mass is 79.9. The van der Waals surface area contributed by atoms with Crippen LogP contribution in [-0.2, 0) is 6.54 Å². The quantitative estimate of drug-likeness (QED) is 0.504. The minimum absolute atomic E-state index is 0.504. The van der Waals surface area contributed by atoms with Gasteiger partial charge >= 0.3 is 0 Å². The van der Waals surface area contributed by atoms with Gasteiger partial charge in [-0.2, -0.15) is 5.10 Å². The summed E-state index contributed by atoms with van der Waals surface area (Å²) in [5.74, 6) is 1.45. The fraction of sp³-hybridized carbons (Fsp3) is 0.429. The van der Waals surface area contributed by atoms with Crippen molar-refractivity contribution in [2.75, 3.05) is 0 Å². The maximum atomic E-state index is 4.51. The third-order valence-electron chi connectivity index (χ3n) is 4.62. The van der Waals surface area contributed by atoms with Crippen LogP contribution in [0.2, 0.25) is 0 Å². The summed E-state index contributed by atoms with van der Waals surface area (Å²) in [4.78, 5) is 4.19. The number of allylic oxidation sites excluding steroid dienone is 2. The minimum atomic E-state index is 0.504. The number of rotatable bonds is 10. The first-order valence-corrected chi connectivity index (χ1v) is 10.1. The second-order valence-electron chi connectivity index (χ2n) is 6.56. The van der Waals surface area contributed by atoms with Crippen molar-refractivity contribution in [1.82, 2.24) is 20.1 Å². The fourth-order valence-electron chi connectivity index (χ4n) is 2.91. The Morgan fingerprint density at radius 1 is 1.38 bits per heavy atom. The van der Waals surface area contributed by atoms with E-state index < -0.39 is 0 Å². The monoisotopic (exact) mass is 416 g/mol. The van der Waals surface area contributed by atoms with Crippen LogP contribution in [0.25, 0.3) is 5.82 Å². The van der Waals surface area contributed by atoms with Gasteiger partial charge in [0, 0.05) is 18.9 Å². The average molecular weight is 417 g/mol. The molecule has 0 radical (unpaired) electrons. The molecule has 0 saturated heterocycles. The topological polar surface area (TPSA) is 42.7 Å². The van der Waals surface area contributed by atoms with Crippen LogP contribution in [0.3, 0.4) is 0 Å². The van der Waals surface area contributed by atoms with E-state index >= 15 is 0 Å². The Morgan fingerprint density at radius 2 is 2.19 bits per heavy atom. The molecule has 2 heterocycles. The maximum absolute atomic E-state index is 4.51. The summed E-state index contributed by atoms with van der Waals surface area (Å²) in [7, 11) is 0. The highest BCUT2D eigenvalue weighted by Gasteiger charge is 2.13. The molecule has 2 aromatic heterocycles. The molecule has 2 rings (SSSR count). The summed E-state index contributed by atoms with van der Waals surface area (Å²) in [6, 6.07) is 4.02. The number of halogens is 1. The van der Waals surface area contributed by atoms with E-state index in [-0.39, 0.29) is 0 Å². The molecule has 0 aliphatic carbocycles. The standard InChI is InChI=1S/C21H29BrN4/c1-5-7-10-19(6-2)16(3)12-21(26-17(4)20(22)15-25-26)24-14-18-9-8-11-23-13-18/h8-9,11-13,15,19,24H,3,5-7,10,14H2,1-2,4H3/b21-12-. The van der Waals surface area contributed by atoms with Crippen LogP contribution in [0, 0.1) is 12.8 Å². The van der Waals surface area contributed by atoms with E-state index in [1.54, 1.807) is 6.20 Å². The molecule has 0 bridgehead atoms. The first-order chi connectivity index (χ1) is 12.6. The largest absolute Gasteiger partial charge is 0.366 e. The van der Waals surface area contributed by atoms with E-state index in [4.69, 9.17) is 0 Å². The number of unbranched alkanes of at least 4 members (excludes halogenated alkanes) is 1. The fourth-order valence-corrected chi connectivity index (χ4v) is 3.17. The van der Waals surface area contributed by atoms with Gasteiger partial charge in [0.2, 0.25) is 0 Å². The third kappa shape index (κ3) is 5.56. The highest BCUT2D eigenvalue weighted by molar-refractivity contribution is 9.10. The van der Waals surface area contributed by atoms with Crippen molar-refractivity contribution < 1.29 is 0 Å². The Balaban J connectivity index is 2.24. The Kier molecular flexibility index (Phi) is 8.10. The Labute approximate surface area is 165 Å². The number of hydrogen-bond donors (Lipinski definition) is 1. The van der Waals surface area contributed by atoms with Crippen molar-refractivity contribution in [3.63, 3.8) is 0 Å². The van der Waals surface area contributed by atoms with Crippen LogP contribution in [0.1, 0.15) is 50.8 Å². The second kappa shape index (κ2) is 10.3. The lowest BCUT2D eigenvalue weighted by Gasteiger charge is -2.18. The average Bonchev–Trinajstić information content (AvgIpc) is 2.99. The van der Waals surface area contributed by atoms with Gasteiger partial charge in [-0.1, -0.05) is 39.3 Å². The van der Waals surface area contributed by atoms with E-state index in [1.807, 2.05) is 30.1 Å². The summed E-state index contributed by atoms with van der Waals surface area (Å²) < 4.78 is 2.92. The van der Waals surface area contributed by atoms with Gasteiger partial charge in [0.1, 0.15) is 5.82 Å². The van der Waals surface area contributed by atoms with Crippen molar-refractivity contribution in [3.8, 4) is 0 Å². The summed E-state index contributed by atoms with van der Waals surface area (Å²) in [6.07, 6.45) is 12.4. The molecular formula is C21H29BrN4. The molecule has 2 aromatic rings. The van der Waals surface area contributed by atoms with Gasteiger partial charge in [-0.3, -0.25) is 4.98 Å². The number of nitrogens with one attached hydrogen (secondary N) is 1. The number of aromatic nitrogens is 3. The Hall–Kier alpha value is -1.88. The molecule has 0 fully saturated rings. The molecule has 0 amide bonds. The lowest BCUT2D eigenvalue weighted by atomic mass is 9.92. The van der Waals surface area contributed by atoms with Crippen LogP contribution in [0.15, 0.2) is 53.4 Å². The van der Waals surface area contributed by atoms with Crippen LogP contribution < -0.4 is 5.32 Å². The van der Waals surface area contributed by atoms with Gasteiger partial charge in [0.15, 0.2) is 0 Å². The van der Waals surface area contributed by atoms with Gasteiger partial charge in [-0.25, -0.2) is 4.68 Å². The van der Waals surface area contributed by atoms with Crippen LogP contribution in [0.5, 0.6) is 0 Å². The molecule has 4 nitrogen and oxygen atoms in total. The molecule has 1 N–H and O–H groups in total. The van der Waals surface area contributed by atoms with E-state index in [9.17, 15) is 0 Å². The summed E-state index contributed by atoms with van der Waals surface area (Å²) in [5.41, 5.74) is 3.34. The molecule has 0 aromatic carbocycles. The van der Waals surface area contributed by atoms with Crippen LogP contribution in [-0.4, -0.2) is 14.8 Å². The zero-order valence-electron chi connectivity index (χ0n) is 16.0. The van der Waals surface area contributed by atoms with Gasteiger partial charge in [-0.15, -0.1) is 0 Å². The molecule has 1 atom stereocenters. The van der Waals surface area contributed by atoms with Crippen molar-refractivity contribution in [3.05, 3.63) is 64.7 Å². The number of pyridine rings is 1. The maximum Gasteiger partial charge on any atom is 0.128 e. The van der Waals surface area contributed by atoms with Crippen molar-refractivity contribution in [2.24, 2.45) is 5.92 Å². The Bertz CT molecular complexity index is 734. The van der Waals surface area contributed by atoms with E-state index in [0.29, 0.717) is 12.5 Å². The van der Waals surface area contributed by atoms with E-state index in [1.165, 1.54) is 19.3 Å². The SMILES string of the molecule is C=C(/C=C(/NCc1cccnc1)n1ncc(Br)c1C)C(CC)CCCC. The Morgan fingerprint density at radius 3 is 2.77 bits per heavy atom.